The lowest BCUT2D eigenvalue weighted by Gasteiger charge is -2.27. The Morgan fingerprint density at radius 1 is 1.16 bits per heavy atom. The molecule has 0 saturated carbocycles. The fraction of sp³-hybridized carbons (Fsp3) is 0.263. The summed E-state index contributed by atoms with van der Waals surface area (Å²) in [6, 6.07) is 8.63. The first kappa shape index (κ1) is 17.3. The molecule has 2 amide bonds. The van der Waals surface area contributed by atoms with E-state index in [0.717, 1.165) is 28.1 Å². The fourth-order valence-corrected chi connectivity index (χ4v) is 2.96. The minimum Gasteiger partial charge on any atom is -0.372 e. The Balaban J connectivity index is 1.72. The lowest BCUT2D eigenvalue weighted by Crippen LogP contribution is -2.41. The highest BCUT2D eigenvalue weighted by Crippen LogP contribution is 2.30. The van der Waals surface area contributed by atoms with E-state index < -0.39 is 6.04 Å². The molecule has 1 atom stereocenters. The number of amides is 2. The van der Waals surface area contributed by atoms with E-state index in [9.17, 15) is 9.59 Å². The van der Waals surface area contributed by atoms with Gasteiger partial charge in [-0.2, -0.15) is 0 Å². The van der Waals surface area contributed by atoms with Gasteiger partial charge in [-0.05, 0) is 61.7 Å². The predicted octanol–water partition coefficient (Wildman–Crippen LogP) is 4.03. The predicted molar refractivity (Wildman–Crippen MR) is 101 cm³/mol. The van der Waals surface area contributed by atoms with Crippen LogP contribution in [0.25, 0.3) is 0 Å². The Morgan fingerprint density at radius 3 is 2.56 bits per heavy atom. The second-order valence-electron chi connectivity index (χ2n) is 6.33. The Kier molecular flexibility index (Phi) is 4.68. The van der Waals surface area contributed by atoms with Gasteiger partial charge in [-0.25, -0.2) is 0 Å². The molecule has 2 aromatic carbocycles. The Hall–Kier alpha value is -2.53. The Labute approximate surface area is 151 Å². The highest BCUT2D eigenvalue weighted by atomic mass is 35.5. The van der Waals surface area contributed by atoms with Crippen LogP contribution < -0.4 is 16.0 Å². The maximum Gasteiger partial charge on any atom is 0.247 e. The molecular formula is C19H20ClN3O2. The van der Waals surface area contributed by atoms with E-state index in [1.165, 1.54) is 0 Å². The molecule has 3 N–H and O–H groups in total. The smallest absolute Gasteiger partial charge is 0.247 e. The number of benzene rings is 2. The van der Waals surface area contributed by atoms with E-state index in [0.29, 0.717) is 10.7 Å². The topological polar surface area (TPSA) is 70.2 Å². The molecule has 3 rings (SSSR count). The first-order valence-electron chi connectivity index (χ1n) is 8.09. The van der Waals surface area contributed by atoms with Crippen LogP contribution in [0.3, 0.4) is 0 Å². The molecule has 0 radical (unpaired) electrons. The van der Waals surface area contributed by atoms with Crippen LogP contribution in [0.1, 0.15) is 23.1 Å². The van der Waals surface area contributed by atoms with Crippen molar-refractivity contribution < 1.29 is 9.59 Å². The van der Waals surface area contributed by atoms with Crippen LogP contribution in [-0.4, -0.2) is 17.9 Å². The van der Waals surface area contributed by atoms with E-state index >= 15 is 0 Å². The SMILES string of the molecule is Cc1cc2c(cc1C)N[C@H](CC(=O)Nc1cccc(Cl)c1C)C(=O)N2. The van der Waals surface area contributed by atoms with Gasteiger partial charge >= 0.3 is 0 Å². The number of nitrogens with one attached hydrogen (secondary N) is 3. The van der Waals surface area contributed by atoms with Crippen LogP contribution in [0, 0.1) is 20.8 Å². The summed E-state index contributed by atoms with van der Waals surface area (Å²) in [5.41, 5.74) is 5.26. The van der Waals surface area contributed by atoms with Gasteiger partial charge in [0.25, 0.3) is 0 Å². The molecule has 25 heavy (non-hydrogen) atoms. The molecule has 0 spiro atoms. The summed E-state index contributed by atoms with van der Waals surface area (Å²) in [5.74, 6) is -0.459. The second kappa shape index (κ2) is 6.76. The molecule has 0 aliphatic carbocycles. The van der Waals surface area contributed by atoms with Crippen LogP contribution >= 0.6 is 11.6 Å². The first-order valence-corrected chi connectivity index (χ1v) is 8.46. The maximum absolute atomic E-state index is 12.3. The number of rotatable bonds is 3. The number of hydrogen-bond donors (Lipinski definition) is 3. The number of fused-ring (bicyclic) bond motifs is 1. The third-order valence-corrected chi connectivity index (χ3v) is 4.88. The molecule has 0 unspecified atom stereocenters. The molecule has 0 bridgehead atoms. The number of carbonyl (C=O) groups excluding carboxylic acids is 2. The molecule has 2 aromatic rings. The Bertz CT molecular complexity index is 864. The van der Waals surface area contributed by atoms with Crippen molar-refractivity contribution in [3.8, 4) is 0 Å². The maximum atomic E-state index is 12.3. The third kappa shape index (κ3) is 3.61. The van der Waals surface area contributed by atoms with Crippen LogP contribution in [0.4, 0.5) is 17.1 Å². The Morgan fingerprint density at radius 2 is 1.84 bits per heavy atom. The van der Waals surface area contributed by atoms with Gasteiger partial charge in [-0.15, -0.1) is 0 Å². The van der Waals surface area contributed by atoms with E-state index in [-0.39, 0.29) is 18.2 Å². The van der Waals surface area contributed by atoms with Crippen LogP contribution in [0.15, 0.2) is 30.3 Å². The standard InChI is InChI=1S/C19H20ClN3O2/c1-10-7-15-16(8-11(10)2)23-19(25)17(21-15)9-18(24)22-14-6-4-5-13(20)12(14)3/h4-8,17,21H,9H2,1-3H3,(H,22,24)(H,23,25)/t17-/m1/s1. The average molecular weight is 358 g/mol. The minimum absolute atomic E-state index is 0.0319. The monoisotopic (exact) mass is 357 g/mol. The van der Waals surface area contributed by atoms with Crippen LogP contribution in [0.2, 0.25) is 5.02 Å². The number of hydrogen-bond acceptors (Lipinski definition) is 3. The molecule has 5 nitrogen and oxygen atoms in total. The van der Waals surface area contributed by atoms with E-state index in [1.54, 1.807) is 18.2 Å². The second-order valence-corrected chi connectivity index (χ2v) is 6.74. The molecule has 1 aliphatic heterocycles. The van der Waals surface area contributed by atoms with Crippen molar-refractivity contribution in [1.82, 2.24) is 0 Å². The van der Waals surface area contributed by atoms with Gasteiger partial charge < -0.3 is 16.0 Å². The molecule has 130 valence electrons. The molecule has 1 heterocycles. The minimum atomic E-state index is -0.617. The highest BCUT2D eigenvalue weighted by molar-refractivity contribution is 6.31. The summed E-state index contributed by atoms with van der Waals surface area (Å²) in [7, 11) is 0. The van der Waals surface area contributed by atoms with Crippen molar-refractivity contribution in [1.29, 1.82) is 0 Å². The van der Waals surface area contributed by atoms with Crippen LogP contribution in [-0.2, 0) is 9.59 Å². The summed E-state index contributed by atoms with van der Waals surface area (Å²) < 4.78 is 0. The molecule has 1 aliphatic rings. The first-order chi connectivity index (χ1) is 11.8. The average Bonchev–Trinajstić information content (AvgIpc) is 2.54. The summed E-state index contributed by atoms with van der Waals surface area (Å²) in [5, 5.41) is 9.43. The van der Waals surface area contributed by atoms with Crippen molar-refractivity contribution >= 4 is 40.5 Å². The number of aryl methyl sites for hydroxylation is 2. The highest BCUT2D eigenvalue weighted by Gasteiger charge is 2.28. The van der Waals surface area contributed by atoms with E-state index in [4.69, 9.17) is 11.6 Å². The van der Waals surface area contributed by atoms with Crippen molar-refractivity contribution in [2.75, 3.05) is 16.0 Å². The molecule has 0 aromatic heterocycles. The zero-order chi connectivity index (χ0) is 18.1. The van der Waals surface area contributed by atoms with Crippen molar-refractivity contribution in [3.05, 3.63) is 52.0 Å². The summed E-state index contributed by atoms with van der Waals surface area (Å²) in [6.45, 7) is 5.84. The molecule has 0 saturated heterocycles. The fourth-order valence-electron chi connectivity index (χ4n) is 2.79. The van der Waals surface area contributed by atoms with Gasteiger partial charge in [-0.1, -0.05) is 17.7 Å². The zero-order valence-corrected chi connectivity index (χ0v) is 15.1. The van der Waals surface area contributed by atoms with Gasteiger partial charge in [0.2, 0.25) is 11.8 Å². The third-order valence-electron chi connectivity index (χ3n) is 4.47. The normalized spacial score (nSPS) is 15.8. The van der Waals surface area contributed by atoms with Crippen LogP contribution in [0.5, 0.6) is 0 Å². The summed E-state index contributed by atoms with van der Waals surface area (Å²) >= 11 is 6.07. The van der Waals surface area contributed by atoms with Crippen molar-refractivity contribution in [3.63, 3.8) is 0 Å². The zero-order valence-electron chi connectivity index (χ0n) is 14.4. The summed E-state index contributed by atoms with van der Waals surface area (Å²) in [4.78, 5) is 24.6. The van der Waals surface area contributed by atoms with E-state index in [1.807, 2.05) is 32.9 Å². The van der Waals surface area contributed by atoms with Crippen molar-refractivity contribution in [2.24, 2.45) is 0 Å². The van der Waals surface area contributed by atoms with Gasteiger partial charge in [0, 0.05) is 10.7 Å². The van der Waals surface area contributed by atoms with Gasteiger partial charge in [0.15, 0.2) is 0 Å². The number of anilines is 3. The lowest BCUT2D eigenvalue weighted by molar-refractivity contribution is -0.122. The molecule has 6 heteroatoms. The lowest BCUT2D eigenvalue weighted by atomic mass is 10.0. The van der Waals surface area contributed by atoms with Gasteiger partial charge in [0.1, 0.15) is 6.04 Å². The van der Waals surface area contributed by atoms with Crippen molar-refractivity contribution in [2.45, 2.75) is 33.2 Å². The molecular weight excluding hydrogens is 338 g/mol. The number of halogens is 1. The largest absolute Gasteiger partial charge is 0.372 e. The molecule has 0 fully saturated rings. The van der Waals surface area contributed by atoms with Gasteiger partial charge in [-0.3, -0.25) is 9.59 Å². The number of carbonyl (C=O) groups is 2. The van der Waals surface area contributed by atoms with Gasteiger partial charge in [0.05, 0.1) is 17.8 Å². The van der Waals surface area contributed by atoms with E-state index in [2.05, 4.69) is 16.0 Å². The quantitative estimate of drug-likeness (QED) is 0.776. The summed E-state index contributed by atoms with van der Waals surface area (Å²) in [6.07, 6.45) is 0.0319.